The first-order chi connectivity index (χ1) is 11.2. The lowest BCUT2D eigenvalue weighted by Crippen LogP contribution is -2.25. The van der Waals surface area contributed by atoms with Crippen LogP contribution in [0.25, 0.3) is 6.08 Å². The first-order valence-electron chi connectivity index (χ1n) is 7.87. The average Bonchev–Trinajstić information content (AvgIpc) is 2.58. The highest BCUT2D eigenvalue weighted by Gasteiger charge is 2.10. The summed E-state index contributed by atoms with van der Waals surface area (Å²) in [4.78, 5) is 12.0. The molecule has 23 heavy (non-hydrogen) atoms. The molecule has 0 atom stereocenters. The number of rotatable bonds is 9. The summed E-state index contributed by atoms with van der Waals surface area (Å²) in [5.74, 6) is 0.875. The molecular weight excluding hydrogens is 292 g/mol. The Kier molecular flexibility index (Phi) is 8.30. The second-order valence-electron chi connectivity index (χ2n) is 5.04. The van der Waals surface area contributed by atoms with Crippen molar-refractivity contribution in [1.82, 2.24) is 5.32 Å². The maximum Gasteiger partial charge on any atom is 0.261 e. The van der Waals surface area contributed by atoms with Crippen LogP contribution >= 0.6 is 0 Å². The molecule has 5 heteroatoms. The van der Waals surface area contributed by atoms with Crippen LogP contribution in [-0.4, -0.2) is 26.2 Å². The van der Waals surface area contributed by atoms with E-state index >= 15 is 0 Å². The van der Waals surface area contributed by atoms with E-state index in [4.69, 9.17) is 9.47 Å². The van der Waals surface area contributed by atoms with Crippen molar-refractivity contribution < 1.29 is 14.3 Å². The quantitative estimate of drug-likeness (QED) is 0.431. The van der Waals surface area contributed by atoms with Gasteiger partial charge in [-0.15, -0.1) is 0 Å². The Morgan fingerprint density at radius 2 is 2.09 bits per heavy atom. The topological polar surface area (TPSA) is 71.4 Å². The molecule has 0 aliphatic rings. The van der Waals surface area contributed by atoms with Gasteiger partial charge in [-0.3, -0.25) is 4.79 Å². The van der Waals surface area contributed by atoms with E-state index in [9.17, 15) is 10.1 Å². The molecule has 5 nitrogen and oxygen atoms in total. The van der Waals surface area contributed by atoms with E-state index in [0.717, 1.165) is 19.3 Å². The van der Waals surface area contributed by atoms with Crippen LogP contribution in [0, 0.1) is 11.3 Å². The maximum atomic E-state index is 12.0. The molecule has 0 unspecified atom stereocenters. The van der Waals surface area contributed by atoms with E-state index in [-0.39, 0.29) is 11.5 Å². The molecule has 0 fully saturated rings. The van der Waals surface area contributed by atoms with Gasteiger partial charge in [0.05, 0.1) is 13.7 Å². The summed E-state index contributed by atoms with van der Waals surface area (Å²) in [6.45, 7) is 5.25. The monoisotopic (exact) mass is 316 g/mol. The smallest absolute Gasteiger partial charge is 0.261 e. The van der Waals surface area contributed by atoms with Crippen LogP contribution < -0.4 is 14.8 Å². The molecule has 1 N–H and O–H groups in total. The van der Waals surface area contributed by atoms with Crippen LogP contribution in [0.2, 0.25) is 0 Å². The molecule has 0 saturated carbocycles. The third-order valence-electron chi connectivity index (χ3n) is 3.14. The van der Waals surface area contributed by atoms with Gasteiger partial charge in [0.15, 0.2) is 11.5 Å². The van der Waals surface area contributed by atoms with Crippen molar-refractivity contribution >= 4 is 12.0 Å². The highest BCUT2D eigenvalue weighted by atomic mass is 16.5. The van der Waals surface area contributed by atoms with Crippen LogP contribution in [0.5, 0.6) is 11.5 Å². The first-order valence-corrected chi connectivity index (χ1v) is 7.87. The van der Waals surface area contributed by atoms with Crippen molar-refractivity contribution in [3.05, 3.63) is 29.3 Å². The van der Waals surface area contributed by atoms with Crippen molar-refractivity contribution in [3.8, 4) is 17.6 Å². The normalized spacial score (nSPS) is 10.8. The number of unbranched alkanes of at least 4 members (excludes halogenated alkanes) is 1. The van der Waals surface area contributed by atoms with Gasteiger partial charge in [-0.25, -0.2) is 0 Å². The van der Waals surface area contributed by atoms with Gasteiger partial charge in [-0.05, 0) is 36.6 Å². The van der Waals surface area contributed by atoms with E-state index in [2.05, 4.69) is 5.32 Å². The van der Waals surface area contributed by atoms with E-state index in [1.807, 2.05) is 19.9 Å². The summed E-state index contributed by atoms with van der Waals surface area (Å²) in [5, 5.41) is 11.9. The maximum absolute atomic E-state index is 12.0. The first kappa shape index (κ1) is 18.6. The van der Waals surface area contributed by atoms with Crippen molar-refractivity contribution in [2.45, 2.75) is 33.1 Å². The van der Waals surface area contributed by atoms with Crippen LogP contribution in [0.4, 0.5) is 0 Å². The molecule has 0 aromatic heterocycles. The standard InChI is InChI=1S/C18H24N2O3/c1-4-6-9-20-18(21)15(13-19)11-14-7-8-16(23-10-5-2)17(12-14)22-3/h7-8,11-12H,4-6,9-10H2,1-3H3,(H,20,21)/b15-11+. The zero-order valence-corrected chi connectivity index (χ0v) is 14.0. The fourth-order valence-corrected chi connectivity index (χ4v) is 1.89. The highest BCUT2D eigenvalue weighted by Crippen LogP contribution is 2.29. The lowest BCUT2D eigenvalue weighted by atomic mass is 10.1. The van der Waals surface area contributed by atoms with E-state index < -0.39 is 0 Å². The number of ether oxygens (including phenoxy) is 2. The number of hydrogen-bond donors (Lipinski definition) is 1. The van der Waals surface area contributed by atoms with Gasteiger partial charge < -0.3 is 14.8 Å². The molecule has 1 amide bonds. The number of carbonyl (C=O) groups excluding carboxylic acids is 1. The zero-order valence-electron chi connectivity index (χ0n) is 14.0. The summed E-state index contributed by atoms with van der Waals surface area (Å²) < 4.78 is 10.9. The Balaban J connectivity index is 2.91. The number of amides is 1. The molecule has 0 bridgehead atoms. The van der Waals surface area contributed by atoms with Crippen LogP contribution in [-0.2, 0) is 4.79 Å². The number of nitrogens with zero attached hydrogens (tertiary/aromatic N) is 1. The predicted molar refractivity (Wildman–Crippen MR) is 90.3 cm³/mol. The second-order valence-corrected chi connectivity index (χ2v) is 5.04. The molecular formula is C18H24N2O3. The van der Waals surface area contributed by atoms with Crippen molar-refractivity contribution in [2.75, 3.05) is 20.3 Å². The molecule has 0 spiro atoms. The lowest BCUT2D eigenvalue weighted by molar-refractivity contribution is -0.117. The number of nitriles is 1. The average molecular weight is 316 g/mol. The van der Waals surface area contributed by atoms with E-state index in [1.165, 1.54) is 0 Å². The summed E-state index contributed by atoms with van der Waals surface area (Å²) in [7, 11) is 1.56. The third-order valence-corrected chi connectivity index (χ3v) is 3.14. The Hall–Kier alpha value is -2.48. The van der Waals surface area contributed by atoms with E-state index in [0.29, 0.717) is 30.2 Å². The number of methoxy groups -OCH3 is 1. The molecule has 1 aromatic carbocycles. The van der Waals surface area contributed by atoms with E-state index in [1.54, 1.807) is 31.4 Å². The van der Waals surface area contributed by atoms with Crippen molar-refractivity contribution in [3.63, 3.8) is 0 Å². The highest BCUT2D eigenvalue weighted by molar-refractivity contribution is 6.01. The van der Waals surface area contributed by atoms with Gasteiger partial charge in [0.25, 0.3) is 5.91 Å². The van der Waals surface area contributed by atoms with Gasteiger partial charge in [-0.2, -0.15) is 5.26 Å². The largest absolute Gasteiger partial charge is 0.493 e. The second kappa shape index (κ2) is 10.3. The molecule has 1 aromatic rings. The Morgan fingerprint density at radius 1 is 1.30 bits per heavy atom. The fourth-order valence-electron chi connectivity index (χ4n) is 1.89. The zero-order chi connectivity index (χ0) is 17.1. The minimum atomic E-state index is -0.355. The van der Waals surface area contributed by atoms with Gasteiger partial charge in [0.1, 0.15) is 11.6 Å². The summed E-state index contributed by atoms with van der Waals surface area (Å²) in [6.07, 6.45) is 4.33. The molecule has 1 rings (SSSR count). The summed E-state index contributed by atoms with van der Waals surface area (Å²) in [6, 6.07) is 7.27. The lowest BCUT2D eigenvalue weighted by Gasteiger charge is -2.10. The SMILES string of the molecule is CCCCNC(=O)/C(C#N)=C/c1ccc(OCCC)c(OC)c1. The van der Waals surface area contributed by atoms with Gasteiger partial charge >= 0.3 is 0 Å². The fraction of sp³-hybridized carbons (Fsp3) is 0.444. The Morgan fingerprint density at radius 3 is 2.70 bits per heavy atom. The van der Waals surface area contributed by atoms with Gasteiger partial charge in [-0.1, -0.05) is 26.3 Å². The minimum Gasteiger partial charge on any atom is -0.493 e. The van der Waals surface area contributed by atoms with Gasteiger partial charge in [0, 0.05) is 6.54 Å². The number of benzene rings is 1. The van der Waals surface area contributed by atoms with Crippen LogP contribution in [0.3, 0.4) is 0 Å². The number of carbonyl (C=O) groups is 1. The Bertz CT molecular complexity index is 588. The summed E-state index contributed by atoms with van der Waals surface area (Å²) >= 11 is 0. The molecule has 0 saturated heterocycles. The van der Waals surface area contributed by atoms with Crippen LogP contribution in [0.15, 0.2) is 23.8 Å². The number of hydrogen-bond acceptors (Lipinski definition) is 4. The van der Waals surface area contributed by atoms with Gasteiger partial charge in [0.2, 0.25) is 0 Å². The third kappa shape index (κ3) is 6.03. The van der Waals surface area contributed by atoms with Crippen LogP contribution in [0.1, 0.15) is 38.7 Å². The molecule has 0 heterocycles. The summed E-state index contributed by atoms with van der Waals surface area (Å²) in [5.41, 5.74) is 0.790. The molecule has 0 aliphatic carbocycles. The van der Waals surface area contributed by atoms with Crippen molar-refractivity contribution in [1.29, 1.82) is 5.26 Å². The molecule has 0 radical (unpaired) electrons. The predicted octanol–water partition coefficient (Wildman–Crippen LogP) is 3.31. The molecule has 124 valence electrons. The molecule has 0 aliphatic heterocycles. The van der Waals surface area contributed by atoms with Crippen molar-refractivity contribution in [2.24, 2.45) is 0 Å². The Labute approximate surface area is 137 Å². The minimum absolute atomic E-state index is 0.0744. The number of nitrogens with one attached hydrogen (secondary N) is 1.